The Bertz CT molecular complexity index is 479. The Hall–Kier alpha value is -1.14. The molecule has 2 unspecified atom stereocenters. The fraction of sp³-hybridized carbons (Fsp3) is 0.571. The van der Waals surface area contributed by atoms with Gasteiger partial charge < -0.3 is 9.84 Å². The SMILES string of the molecule is CC1(C(O)c2ccc(F)c(C(F)(F)F)c2)CCCCO1. The summed E-state index contributed by atoms with van der Waals surface area (Å²) >= 11 is 0. The van der Waals surface area contributed by atoms with Gasteiger partial charge in [0.1, 0.15) is 11.9 Å². The summed E-state index contributed by atoms with van der Waals surface area (Å²) in [7, 11) is 0. The molecule has 1 aliphatic heterocycles. The molecule has 6 heteroatoms. The lowest BCUT2D eigenvalue weighted by molar-refractivity contribution is -0.143. The van der Waals surface area contributed by atoms with Crippen LogP contribution >= 0.6 is 0 Å². The summed E-state index contributed by atoms with van der Waals surface area (Å²) in [4.78, 5) is 0. The molecule has 0 aromatic heterocycles. The van der Waals surface area contributed by atoms with E-state index in [-0.39, 0.29) is 5.56 Å². The fourth-order valence-corrected chi connectivity index (χ4v) is 2.45. The maximum Gasteiger partial charge on any atom is 0.419 e. The van der Waals surface area contributed by atoms with Crippen LogP contribution in [0.4, 0.5) is 17.6 Å². The van der Waals surface area contributed by atoms with E-state index in [9.17, 15) is 22.7 Å². The third-order valence-electron chi connectivity index (χ3n) is 3.69. The van der Waals surface area contributed by atoms with Gasteiger partial charge in [0.25, 0.3) is 0 Å². The minimum Gasteiger partial charge on any atom is -0.385 e. The highest BCUT2D eigenvalue weighted by molar-refractivity contribution is 5.30. The molecule has 1 heterocycles. The molecule has 1 saturated heterocycles. The number of aliphatic hydroxyl groups is 1. The molecule has 0 bridgehead atoms. The number of alkyl halides is 3. The van der Waals surface area contributed by atoms with Crippen molar-refractivity contribution in [2.45, 2.75) is 44.1 Å². The van der Waals surface area contributed by atoms with Crippen LogP contribution in [0.25, 0.3) is 0 Å². The third-order valence-corrected chi connectivity index (χ3v) is 3.69. The first-order valence-corrected chi connectivity index (χ1v) is 6.43. The number of rotatable bonds is 2. The Kier molecular flexibility index (Phi) is 4.07. The molecule has 1 aliphatic rings. The van der Waals surface area contributed by atoms with Crippen molar-refractivity contribution in [2.24, 2.45) is 0 Å². The molecule has 1 fully saturated rings. The van der Waals surface area contributed by atoms with Gasteiger partial charge in [-0.3, -0.25) is 0 Å². The molecule has 1 aromatic carbocycles. The number of benzene rings is 1. The zero-order valence-corrected chi connectivity index (χ0v) is 11.0. The predicted octanol–water partition coefficient (Wildman–Crippen LogP) is 3.84. The van der Waals surface area contributed by atoms with Crippen molar-refractivity contribution in [3.8, 4) is 0 Å². The van der Waals surface area contributed by atoms with Crippen LogP contribution in [-0.2, 0) is 10.9 Å². The highest BCUT2D eigenvalue weighted by Gasteiger charge is 2.39. The van der Waals surface area contributed by atoms with Gasteiger partial charge in [0, 0.05) is 6.61 Å². The molecule has 0 radical (unpaired) electrons. The number of hydrogen-bond donors (Lipinski definition) is 1. The van der Waals surface area contributed by atoms with Crippen molar-refractivity contribution in [2.75, 3.05) is 6.61 Å². The molecule has 1 aromatic rings. The van der Waals surface area contributed by atoms with Gasteiger partial charge in [-0.1, -0.05) is 6.07 Å². The molecule has 0 spiro atoms. The molecule has 112 valence electrons. The van der Waals surface area contributed by atoms with Gasteiger partial charge in [-0.25, -0.2) is 4.39 Å². The van der Waals surface area contributed by atoms with Crippen LogP contribution in [0.2, 0.25) is 0 Å². The number of aliphatic hydroxyl groups excluding tert-OH is 1. The van der Waals surface area contributed by atoms with Crippen molar-refractivity contribution in [3.05, 3.63) is 35.1 Å². The number of halogens is 4. The Labute approximate surface area is 114 Å². The molecule has 0 aliphatic carbocycles. The van der Waals surface area contributed by atoms with Gasteiger partial charge in [-0.15, -0.1) is 0 Å². The van der Waals surface area contributed by atoms with Gasteiger partial charge in [-0.2, -0.15) is 13.2 Å². The van der Waals surface area contributed by atoms with Crippen molar-refractivity contribution >= 4 is 0 Å². The second-order valence-electron chi connectivity index (χ2n) is 5.26. The van der Waals surface area contributed by atoms with Crippen molar-refractivity contribution in [3.63, 3.8) is 0 Å². The molecule has 20 heavy (non-hydrogen) atoms. The minimum atomic E-state index is -4.78. The normalized spacial score (nSPS) is 25.5. The maximum atomic E-state index is 13.2. The summed E-state index contributed by atoms with van der Waals surface area (Å²) in [5.74, 6) is -1.34. The molecule has 1 N–H and O–H groups in total. The molecule has 2 atom stereocenters. The lowest BCUT2D eigenvalue weighted by Crippen LogP contribution is -2.39. The Morgan fingerprint density at radius 2 is 2.00 bits per heavy atom. The van der Waals surface area contributed by atoms with E-state index in [1.54, 1.807) is 6.92 Å². The average Bonchev–Trinajstić information content (AvgIpc) is 2.38. The van der Waals surface area contributed by atoms with E-state index in [0.717, 1.165) is 18.9 Å². The van der Waals surface area contributed by atoms with E-state index in [0.29, 0.717) is 19.1 Å². The van der Waals surface area contributed by atoms with E-state index < -0.39 is 29.3 Å². The largest absolute Gasteiger partial charge is 0.419 e. The van der Waals surface area contributed by atoms with E-state index in [1.807, 2.05) is 0 Å². The summed E-state index contributed by atoms with van der Waals surface area (Å²) in [6, 6.07) is 2.55. The first-order valence-electron chi connectivity index (χ1n) is 6.43. The minimum absolute atomic E-state index is 0.0168. The monoisotopic (exact) mass is 292 g/mol. The number of hydrogen-bond acceptors (Lipinski definition) is 2. The quantitative estimate of drug-likeness (QED) is 0.839. The Morgan fingerprint density at radius 3 is 2.55 bits per heavy atom. The van der Waals surface area contributed by atoms with E-state index in [2.05, 4.69) is 0 Å². The predicted molar refractivity (Wildman–Crippen MR) is 64.6 cm³/mol. The standard InChI is InChI=1S/C14H16F4O2/c1-13(6-2-3-7-20-13)12(19)9-4-5-11(15)10(8-9)14(16,17)18/h4-5,8,12,19H,2-3,6-7H2,1H3. The van der Waals surface area contributed by atoms with Crippen LogP contribution in [-0.4, -0.2) is 17.3 Å². The Morgan fingerprint density at radius 1 is 1.30 bits per heavy atom. The molecule has 2 nitrogen and oxygen atoms in total. The van der Waals surface area contributed by atoms with Crippen LogP contribution in [0.5, 0.6) is 0 Å². The Balaban J connectivity index is 2.33. The van der Waals surface area contributed by atoms with Crippen LogP contribution in [0.15, 0.2) is 18.2 Å². The lowest BCUT2D eigenvalue weighted by atomic mass is 9.86. The second-order valence-corrected chi connectivity index (χ2v) is 5.26. The highest BCUT2D eigenvalue weighted by atomic mass is 19.4. The molecular formula is C14H16F4O2. The maximum absolute atomic E-state index is 13.2. The van der Waals surface area contributed by atoms with Crippen molar-refractivity contribution < 1.29 is 27.4 Å². The summed E-state index contributed by atoms with van der Waals surface area (Å²) in [5.41, 5.74) is -2.28. The van der Waals surface area contributed by atoms with E-state index >= 15 is 0 Å². The summed E-state index contributed by atoms with van der Waals surface area (Å²) in [5, 5.41) is 10.3. The highest BCUT2D eigenvalue weighted by Crippen LogP contribution is 2.39. The summed E-state index contributed by atoms with van der Waals surface area (Å²) in [6.07, 6.45) is -3.76. The van der Waals surface area contributed by atoms with E-state index in [4.69, 9.17) is 4.74 Å². The van der Waals surface area contributed by atoms with Crippen LogP contribution in [0.1, 0.15) is 43.4 Å². The topological polar surface area (TPSA) is 29.5 Å². The first-order chi connectivity index (χ1) is 9.24. The summed E-state index contributed by atoms with van der Waals surface area (Å²) in [6.45, 7) is 2.12. The van der Waals surface area contributed by atoms with Crippen LogP contribution in [0, 0.1) is 5.82 Å². The fourth-order valence-electron chi connectivity index (χ4n) is 2.45. The van der Waals surface area contributed by atoms with E-state index in [1.165, 1.54) is 6.07 Å². The third kappa shape index (κ3) is 2.96. The van der Waals surface area contributed by atoms with Gasteiger partial charge in [0.05, 0.1) is 11.2 Å². The molecular weight excluding hydrogens is 276 g/mol. The zero-order valence-electron chi connectivity index (χ0n) is 11.0. The van der Waals surface area contributed by atoms with Gasteiger partial charge in [0.2, 0.25) is 0 Å². The average molecular weight is 292 g/mol. The smallest absolute Gasteiger partial charge is 0.385 e. The molecule has 0 amide bonds. The lowest BCUT2D eigenvalue weighted by Gasteiger charge is -2.38. The van der Waals surface area contributed by atoms with Gasteiger partial charge in [0.15, 0.2) is 0 Å². The number of ether oxygens (including phenoxy) is 1. The molecule has 0 saturated carbocycles. The zero-order chi connectivity index (χ0) is 15.0. The van der Waals surface area contributed by atoms with Crippen molar-refractivity contribution in [1.29, 1.82) is 0 Å². The molecule has 2 rings (SSSR count). The first kappa shape index (κ1) is 15.3. The second kappa shape index (κ2) is 5.33. The van der Waals surface area contributed by atoms with Gasteiger partial charge >= 0.3 is 6.18 Å². The van der Waals surface area contributed by atoms with Crippen molar-refractivity contribution in [1.82, 2.24) is 0 Å². The summed E-state index contributed by atoms with van der Waals surface area (Å²) < 4.78 is 56.8. The van der Waals surface area contributed by atoms with Crippen LogP contribution < -0.4 is 0 Å². The van der Waals surface area contributed by atoms with Crippen LogP contribution in [0.3, 0.4) is 0 Å². The van der Waals surface area contributed by atoms with Gasteiger partial charge in [-0.05, 0) is 43.9 Å².